The number of ether oxygens (including phenoxy) is 2. The Hall–Kier alpha value is -3.34. The van der Waals surface area contributed by atoms with Gasteiger partial charge in [-0.1, -0.05) is 36.4 Å². The number of nitrogens with one attached hydrogen (secondary N) is 1. The molecular weight excluding hydrogens is 417 g/mol. The first-order valence-corrected chi connectivity index (χ1v) is 11.6. The predicted octanol–water partition coefficient (Wildman–Crippen LogP) is 5.94. The van der Waals surface area contributed by atoms with Crippen molar-refractivity contribution in [1.29, 1.82) is 0 Å². The molecule has 3 aromatic rings. The van der Waals surface area contributed by atoms with Gasteiger partial charge in [0.25, 0.3) is 0 Å². The lowest BCUT2D eigenvalue weighted by molar-refractivity contribution is -0.118. The molecule has 1 amide bonds. The number of hydrogen-bond acceptors (Lipinski definition) is 3. The van der Waals surface area contributed by atoms with Crippen LogP contribution in [0.15, 0.2) is 72.8 Å². The summed E-state index contributed by atoms with van der Waals surface area (Å²) in [7, 11) is 0. The Morgan fingerprint density at radius 1 is 0.939 bits per heavy atom. The molecule has 33 heavy (non-hydrogen) atoms. The molecule has 1 fully saturated rings. The molecule has 1 saturated carbocycles. The average Bonchev–Trinajstić information content (AvgIpc) is 2.80. The van der Waals surface area contributed by atoms with Crippen molar-refractivity contribution >= 4 is 5.91 Å². The minimum atomic E-state index is -0.278. The smallest absolute Gasteiger partial charge is 0.216 e. The summed E-state index contributed by atoms with van der Waals surface area (Å²) < 4.78 is 26.5. The highest BCUT2D eigenvalue weighted by molar-refractivity contribution is 5.73. The van der Waals surface area contributed by atoms with Gasteiger partial charge >= 0.3 is 0 Å². The van der Waals surface area contributed by atoms with Crippen LogP contribution in [0.4, 0.5) is 4.39 Å². The first-order valence-electron chi connectivity index (χ1n) is 11.6. The fourth-order valence-corrected chi connectivity index (χ4v) is 4.34. The molecule has 0 aliphatic heterocycles. The van der Waals surface area contributed by atoms with E-state index in [1.54, 1.807) is 6.07 Å². The summed E-state index contributed by atoms with van der Waals surface area (Å²) >= 11 is 0. The number of carbonyl (C=O) groups is 1. The maximum Gasteiger partial charge on any atom is 0.216 e. The van der Waals surface area contributed by atoms with E-state index in [9.17, 15) is 9.18 Å². The van der Waals surface area contributed by atoms with Gasteiger partial charge in [0.05, 0.1) is 0 Å². The molecule has 0 heterocycles. The minimum absolute atomic E-state index is 0.0631. The summed E-state index contributed by atoms with van der Waals surface area (Å²) in [6, 6.07) is 22.4. The molecule has 3 aromatic carbocycles. The van der Waals surface area contributed by atoms with Crippen molar-refractivity contribution in [2.75, 3.05) is 6.54 Å². The van der Waals surface area contributed by atoms with E-state index in [1.807, 2.05) is 54.6 Å². The second-order valence-electron chi connectivity index (χ2n) is 8.52. The number of hydrogen-bond donors (Lipinski definition) is 1. The fraction of sp³-hybridized carbons (Fsp3) is 0.321. The van der Waals surface area contributed by atoms with Crippen LogP contribution in [-0.2, 0) is 11.2 Å². The van der Waals surface area contributed by atoms with Crippen molar-refractivity contribution in [2.24, 2.45) is 0 Å². The summed E-state index contributed by atoms with van der Waals surface area (Å²) in [5, 5.41) is 2.83. The Kier molecular flexibility index (Phi) is 7.61. The van der Waals surface area contributed by atoms with Crippen molar-refractivity contribution in [2.45, 2.75) is 51.2 Å². The number of amides is 1. The third-order valence-electron chi connectivity index (χ3n) is 5.91. The molecule has 0 aromatic heterocycles. The van der Waals surface area contributed by atoms with E-state index in [4.69, 9.17) is 9.47 Å². The molecule has 4 nitrogen and oxygen atoms in total. The number of halogens is 1. The van der Waals surface area contributed by atoms with Crippen LogP contribution in [-0.4, -0.2) is 24.7 Å². The molecule has 0 radical (unpaired) electrons. The quantitative estimate of drug-likeness (QED) is 0.465. The van der Waals surface area contributed by atoms with Crippen LogP contribution in [0, 0.1) is 5.82 Å². The Bertz CT molecular complexity index is 1070. The highest BCUT2D eigenvalue weighted by atomic mass is 19.1. The van der Waals surface area contributed by atoms with Gasteiger partial charge in [0.1, 0.15) is 29.5 Å². The molecule has 1 aliphatic rings. The summed E-state index contributed by atoms with van der Waals surface area (Å²) in [5.41, 5.74) is 2.76. The van der Waals surface area contributed by atoms with Crippen molar-refractivity contribution in [3.05, 3.63) is 84.2 Å². The monoisotopic (exact) mass is 447 g/mol. The molecule has 4 rings (SSSR count). The number of carbonyl (C=O) groups excluding carboxylic acids is 1. The maximum absolute atomic E-state index is 13.9. The third-order valence-corrected chi connectivity index (χ3v) is 5.91. The minimum Gasteiger partial charge on any atom is -0.490 e. The molecule has 1 N–H and O–H groups in total. The Labute approximate surface area is 194 Å². The van der Waals surface area contributed by atoms with Crippen LogP contribution < -0.4 is 14.8 Å². The van der Waals surface area contributed by atoms with Gasteiger partial charge < -0.3 is 14.8 Å². The fourth-order valence-electron chi connectivity index (χ4n) is 4.34. The van der Waals surface area contributed by atoms with Gasteiger partial charge in [-0.3, -0.25) is 4.79 Å². The Morgan fingerprint density at radius 2 is 1.70 bits per heavy atom. The second-order valence-corrected chi connectivity index (χ2v) is 8.52. The van der Waals surface area contributed by atoms with Gasteiger partial charge in [0, 0.05) is 19.9 Å². The summed E-state index contributed by atoms with van der Waals surface area (Å²) in [5.74, 6) is 1.31. The van der Waals surface area contributed by atoms with E-state index in [1.165, 1.54) is 19.1 Å². The predicted molar refractivity (Wildman–Crippen MR) is 128 cm³/mol. The van der Waals surface area contributed by atoms with Gasteiger partial charge in [-0.15, -0.1) is 0 Å². The molecular formula is C28H30FNO3. The molecule has 172 valence electrons. The van der Waals surface area contributed by atoms with Crippen LogP contribution in [0.25, 0.3) is 11.1 Å². The van der Waals surface area contributed by atoms with Crippen molar-refractivity contribution in [3.8, 4) is 22.6 Å². The lowest BCUT2D eigenvalue weighted by Crippen LogP contribution is -2.32. The van der Waals surface area contributed by atoms with E-state index >= 15 is 0 Å². The summed E-state index contributed by atoms with van der Waals surface area (Å²) in [6.07, 6.45) is 4.73. The molecule has 1 aliphatic carbocycles. The van der Waals surface area contributed by atoms with Crippen LogP contribution in [0.1, 0.15) is 38.2 Å². The molecule has 0 unspecified atom stereocenters. The molecule has 0 spiro atoms. The van der Waals surface area contributed by atoms with Crippen LogP contribution >= 0.6 is 0 Å². The molecule has 5 heteroatoms. The number of para-hydroxylation sites is 1. The van der Waals surface area contributed by atoms with Crippen molar-refractivity contribution in [1.82, 2.24) is 5.32 Å². The Balaban J connectivity index is 1.49. The van der Waals surface area contributed by atoms with E-state index in [2.05, 4.69) is 5.32 Å². The standard InChI is InChI=1S/C28H30FNO3/c1-20(31)30-16-15-21-13-14-27(19-28(21)22-7-5-8-23(29)17-22)33-26-12-6-11-25(18-26)32-24-9-3-2-4-10-24/h2-5,7-10,13-14,17,19,25-26H,6,11-12,15-16,18H2,1H3,(H,30,31)/t25-,26-/m1/s1. The lowest BCUT2D eigenvalue weighted by atomic mass is 9.94. The zero-order valence-electron chi connectivity index (χ0n) is 18.9. The zero-order chi connectivity index (χ0) is 23.0. The maximum atomic E-state index is 13.9. The second kappa shape index (κ2) is 11.0. The lowest BCUT2D eigenvalue weighted by Gasteiger charge is -2.30. The van der Waals surface area contributed by atoms with Crippen LogP contribution in [0.2, 0.25) is 0 Å². The van der Waals surface area contributed by atoms with Crippen molar-refractivity contribution in [3.63, 3.8) is 0 Å². The van der Waals surface area contributed by atoms with Gasteiger partial charge in [-0.2, -0.15) is 0 Å². The van der Waals surface area contributed by atoms with Gasteiger partial charge in [0.2, 0.25) is 5.91 Å². The highest BCUT2D eigenvalue weighted by Gasteiger charge is 2.25. The third kappa shape index (κ3) is 6.58. The highest BCUT2D eigenvalue weighted by Crippen LogP contribution is 2.32. The zero-order valence-corrected chi connectivity index (χ0v) is 18.9. The summed E-state index contributed by atoms with van der Waals surface area (Å²) in [4.78, 5) is 11.3. The van der Waals surface area contributed by atoms with Gasteiger partial charge in [-0.05, 0) is 78.8 Å². The van der Waals surface area contributed by atoms with Gasteiger partial charge in [-0.25, -0.2) is 4.39 Å². The molecule has 0 saturated heterocycles. The SMILES string of the molecule is CC(=O)NCCc1ccc(O[C@@H]2CCC[C@@H](Oc3ccccc3)C2)cc1-c1cccc(F)c1. The number of benzene rings is 3. The first kappa shape index (κ1) is 22.8. The van der Waals surface area contributed by atoms with E-state index in [0.717, 1.165) is 53.9 Å². The molecule has 0 bridgehead atoms. The largest absolute Gasteiger partial charge is 0.490 e. The van der Waals surface area contributed by atoms with E-state index < -0.39 is 0 Å². The topological polar surface area (TPSA) is 47.6 Å². The molecule has 2 atom stereocenters. The summed E-state index contributed by atoms with van der Waals surface area (Å²) in [6.45, 7) is 2.03. The average molecular weight is 448 g/mol. The van der Waals surface area contributed by atoms with E-state index in [-0.39, 0.29) is 23.9 Å². The normalized spacial score (nSPS) is 17.9. The van der Waals surface area contributed by atoms with Crippen molar-refractivity contribution < 1.29 is 18.7 Å². The van der Waals surface area contributed by atoms with Crippen LogP contribution in [0.5, 0.6) is 11.5 Å². The van der Waals surface area contributed by atoms with Gasteiger partial charge in [0.15, 0.2) is 0 Å². The van der Waals surface area contributed by atoms with E-state index in [0.29, 0.717) is 13.0 Å². The number of rotatable bonds is 8. The first-order chi connectivity index (χ1) is 16.1. The van der Waals surface area contributed by atoms with Crippen LogP contribution in [0.3, 0.4) is 0 Å². The Morgan fingerprint density at radius 3 is 2.42 bits per heavy atom.